The highest BCUT2D eigenvalue weighted by atomic mass is 35.5. The van der Waals surface area contributed by atoms with Crippen LogP contribution in [0.25, 0.3) is 10.9 Å². The lowest BCUT2D eigenvalue weighted by Crippen LogP contribution is -2.50. The molecule has 4 rings (SSSR count). The lowest BCUT2D eigenvalue weighted by atomic mass is 9.88. The molecular weight excluding hydrogens is 388 g/mol. The zero-order valence-electron chi connectivity index (χ0n) is 17.3. The maximum atomic E-state index is 12.9. The standard InChI is InChI=1S/C22H29ClN4O2/c1-22(2,3)17-11-15(17)21(29)27-8-6-26(7-9-27)20-19(24)16(12-28)14-10-13(23)4-5-18(14)25-20/h4-5,10,15,17,28H,6-9,11-12,24H2,1-3H3. The van der Waals surface area contributed by atoms with Crippen LogP contribution in [0.4, 0.5) is 11.5 Å². The van der Waals surface area contributed by atoms with Gasteiger partial charge in [-0.2, -0.15) is 0 Å². The van der Waals surface area contributed by atoms with E-state index in [0.29, 0.717) is 54.2 Å². The van der Waals surface area contributed by atoms with E-state index in [1.54, 1.807) is 12.1 Å². The Hall–Kier alpha value is -2.05. The Labute approximate surface area is 176 Å². The van der Waals surface area contributed by atoms with E-state index >= 15 is 0 Å². The number of nitrogen functional groups attached to an aromatic ring is 1. The quantitative estimate of drug-likeness (QED) is 0.802. The highest BCUT2D eigenvalue weighted by Crippen LogP contribution is 2.51. The Morgan fingerprint density at radius 2 is 1.97 bits per heavy atom. The van der Waals surface area contributed by atoms with Crippen LogP contribution in [0.15, 0.2) is 18.2 Å². The van der Waals surface area contributed by atoms with Crippen molar-refractivity contribution in [3.05, 3.63) is 28.8 Å². The van der Waals surface area contributed by atoms with E-state index in [2.05, 4.69) is 25.7 Å². The number of carbonyl (C=O) groups excluding carboxylic acids is 1. The predicted molar refractivity (Wildman–Crippen MR) is 117 cm³/mol. The highest BCUT2D eigenvalue weighted by molar-refractivity contribution is 6.31. The smallest absolute Gasteiger partial charge is 0.226 e. The number of aliphatic hydroxyl groups excluding tert-OH is 1. The van der Waals surface area contributed by atoms with Gasteiger partial charge in [-0.3, -0.25) is 4.79 Å². The van der Waals surface area contributed by atoms with Crippen molar-refractivity contribution in [2.24, 2.45) is 17.3 Å². The van der Waals surface area contributed by atoms with Crippen LogP contribution in [0.3, 0.4) is 0 Å². The minimum Gasteiger partial charge on any atom is -0.395 e. The van der Waals surface area contributed by atoms with E-state index < -0.39 is 0 Å². The first-order valence-corrected chi connectivity index (χ1v) is 10.6. The van der Waals surface area contributed by atoms with Crippen molar-refractivity contribution in [1.29, 1.82) is 0 Å². The molecule has 7 heteroatoms. The Balaban J connectivity index is 1.50. The van der Waals surface area contributed by atoms with Crippen LogP contribution in [-0.2, 0) is 11.4 Å². The fourth-order valence-electron chi connectivity index (χ4n) is 4.51. The number of amides is 1. The number of hydrogen-bond acceptors (Lipinski definition) is 5. The molecule has 1 saturated heterocycles. The number of aliphatic hydroxyl groups is 1. The van der Waals surface area contributed by atoms with Gasteiger partial charge < -0.3 is 20.6 Å². The van der Waals surface area contributed by atoms with Crippen LogP contribution in [0.1, 0.15) is 32.8 Å². The molecule has 1 aliphatic carbocycles. The number of anilines is 2. The molecule has 6 nitrogen and oxygen atoms in total. The summed E-state index contributed by atoms with van der Waals surface area (Å²) in [7, 11) is 0. The summed E-state index contributed by atoms with van der Waals surface area (Å²) in [6.45, 7) is 9.15. The second-order valence-electron chi connectivity index (χ2n) is 9.27. The lowest BCUT2D eigenvalue weighted by Gasteiger charge is -2.36. The van der Waals surface area contributed by atoms with Gasteiger partial charge in [0.05, 0.1) is 17.8 Å². The third-order valence-corrected chi connectivity index (χ3v) is 6.58. The summed E-state index contributed by atoms with van der Waals surface area (Å²) in [6, 6.07) is 5.42. The third kappa shape index (κ3) is 3.76. The van der Waals surface area contributed by atoms with Crippen molar-refractivity contribution < 1.29 is 9.90 Å². The topological polar surface area (TPSA) is 82.7 Å². The van der Waals surface area contributed by atoms with Gasteiger partial charge in [-0.1, -0.05) is 32.4 Å². The molecule has 3 N–H and O–H groups in total. The molecule has 1 aromatic carbocycles. The number of carbonyl (C=O) groups is 1. The average Bonchev–Trinajstić information content (AvgIpc) is 3.49. The van der Waals surface area contributed by atoms with Crippen molar-refractivity contribution in [2.45, 2.75) is 33.8 Å². The van der Waals surface area contributed by atoms with Crippen LogP contribution in [-0.4, -0.2) is 47.1 Å². The number of nitrogens with two attached hydrogens (primary N) is 1. The zero-order valence-corrected chi connectivity index (χ0v) is 18.0. The van der Waals surface area contributed by atoms with Crippen molar-refractivity contribution in [3.63, 3.8) is 0 Å². The minimum atomic E-state index is -0.174. The molecule has 2 fully saturated rings. The van der Waals surface area contributed by atoms with Crippen molar-refractivity contribution in [1.82, 2.24) is 9.88 Å². The number of benzene rings is 1. The second kappa shape index (κ2) is 7.33. The van der Waals surface area contributed by atoms with Gasteiger partial charge in [-0.05, 0) is 36.0 Å². The summed E-state index contributed by atoms with van der Waals surface area (Å²) < 4.78 is 0. The first-order valence-electron chi connectivity index (χ1n) is 10.2. The third-order valence-electron chi connectivity index (χ3n) is 6.35. The van der Waals surface area contributed by atoms with Crippen molar-refractivity contribution in [2.75, 3.05) is 36.8 Å². The van der Waals surface area contributed by atoms with Gasteiger partial charge in [0.25, 0.3) is 0 Å². The number of fused-ring (bicyclic) bond motifs is 1. The Bertz CT molecular complexity index is 948. The number of rotatable bonds is 3. The highest BCUT2D eigenvalue weighted by Gasteiger charge is 2.50. The summed E-state index contributed by atoms with van der Waals surface area (Å²) in [5, 5.41) is 11.2. The second-order valence-corrected chi connectivity index (χ2v) is 9.71. The van der Waals surface area contributed by atoms with Gasteiger partial charge in [-0.25, -0.2) is 4.98 Å². The fraction of sp³-hybridized carbons (Fsp3) is 0.545. The summed E-state index contributed by atoms with van der Waals surface area (Å²) >= 11 is 6.10. The largest absolute Gasteiger partial charge is 0.395 e. The monoisotopic (exact) mass is 416 g/mol. The SMILES string of the molecule is CC(C)(C)C1CC1C(=O)N1CCN(c2nc3ccc(Cl)cc3c(CO)c2N)CC1. The molecule has 1 saturated carbocycles. The Kier molecular flexibility index (Phi) is 5.11. The van der Waals surface area contributed by atoms with E-state index in [1.165, 1.54) is 0 Å². The first-order chi connectivity index (χ1) is 13.7. The molecule has 0 radical (unpaired) electrons. The molecule has 2 atom stereocenters. The molecule has 0 spiro atoms. The molecule has 1 aliphatic heterocycles. The summed E-state index contributed by atoms with van der Waals surface area (Å²) in [5.41, 5.74) is 8.45. The Morgan fingerprint density at radius 3 is 2.55 bits per heavy atom. The van der Waals surface area contributed by atoms with Crippen LogP contribution in [0.5, 0.6) is 0 Å². The van der Waals surface area contributed by atoms with Crippen LogP contribution in [0, 0.1) is 17.3 Å². The molecule has 2 aliphatic rings. The van der Waals surface area contributed by atoms with E-state index in [9.17, 15) is 9.90 Å². The molecule has 2 unspecified atom stereocenters. The number of piperazine rings is 1. The van der Waals surface area contributed by atoms with Gasteiger partial charge in [0.15, 0.2) is 5.82 Å². The summed E-state index contributed by atoms with van der Waals surface area (Å²) in [6.07, 6.45) is 1.00. The number of halogens is 1. The van der Waals surface area contributed by atoms with Crippen molar-refractivity contribution >= 4 is 39.9 Å². The average molecular weight is 417 g/mol. The molecule has 2 aromatic rings. The fourth-order valence-corrected chi connectivity index (χ4v) is 4.68. The van der Waals surface area contributed by atoms with E-state index in [1.807, 2.05) is 11.0 Å². The van der Waals surface area contributed by atoms with Crippen molar-refractivity contribution in [3.8, 4) is 0 Å². The van der Waals surface area contributed by atoms with Gasteiger partial charge in [0.2, 0.25) is 5.91 Å². The summed E-state index contributed by atoms with van der Waals surface area (Å²) in [4.78, 5) is 21.7. The van der Waals surface area contributed by atoms with E-state index in [0.717, 1.165) is 17.3 Å². The first kappa shape index (κ1) is 20.2. The molecular formula is C22H29ClN4O2. The van der Waals surface area contributed by atoms with Gasteiger partial charge in [0, 0.05) is 48.1 Å². The van der Waals surface area contributed by atoms with Gasteiger partial charge in [-0.15, -0.1) is 0 Å². The number of aromatic nitrogens is 1. The van der Waals surface area contributed by atoms with Gasteiger partial charge >= 0.3 is 0 Å². The van der Waals surface area contributed by atoms with Crippen LogP contribution < -0.4 is 10.6 Å². The van der Waals surface area contributed by atoms with E-state index in [4.69, 9.17) is 22.3 Å². The van der Waals surface area contributed by atoms with Crippen LogP contribution >= 0.6 is 11.6 Å². The minimum absolute atomic E-state index is 0.174. The maximum Gasteiger partial charge on any atom is 0.226 e. The molecule has 0 bridgehead atoms. The molecule has 29 heavy (non-hydrogen) atoms. The number of nitrogens with zero attached hydrogens (tertiary/aromatic N) is 3. The molecule has 156 valence electrons. The molecule has 2 heterocycles. The zero-order chi connectivity index (χ0) is 20.9. The maximum absolute atomic E-state index is 12.9. The predicted octanol–water partition coefficient (Wildman–Crippen LogP) is 3.29. The molecule has 1 amide bonds. The lowest BCUT2D eigenvalue weighted by molar-refractivity contribution is -0.133. The molecule has 1 aromatic heterocycles. The summed E-state index contributed by atoms with van der Waals surface area (Å²) in [5.74, 6) is 1.63. The van der Waals surface area contributed by atoms with E-state index in [-0.39, 0.29) is 23.8 Å². The number of hydrogen-bond donors (Lipinski definition) is 2. The van der Waals surface area contributed by atoms with Gasteiger partial charge in [0.1, 0.15) is 0 Å². The normalized spacial score (nSPS) is 22.2. The number of pyridine rings is 1. The Morgan fingerprint density at radius 1 is 1.28 bits per heavy atom. The van der Waals surface area contributed by atoms with Crippen LogP contribution in [0.2, 0.25) is 5.02 Å².